The summed E-state index contributed by atoms with van der Waals surface area (Å²) in [4.78, 5) is 0. The van der Waals surface area contributed by atoms with Crippen LogP contribution in [0, 0.1) is 0 Å². The SMILES string of the molecule is ClC(=CCOCC=C(Cl)c1c(Br)c(Br)c(Br)c(Br)c1Br)c1c(Br)c(Br)c(Br)c(Br)c1Br. The number of ether oxygens (including phenoxy) is 1. The van der Waals surface area contributed by atoms with E-state index in [4.69, 9.17) is 27.9 Å². The highest BCUT2D eigenvalue weighted by molar-refractivity contribution is 9.16. The molecule has 0 spiro atoms. The number of halogens is 12. The Bertz CT molecular complexity index is 954. The third-order valence-corrected chi connectivity index (χ3v) is 16.5. The van der Waals surface area contributed by atoms with Gasteiger partial charge in [-0.2, -0.15) is 0 Å². The minimum Gasteiger partial charge on any atom is -0.373 e. The zero-order chi connectivity index (χ0) is 23.6. The van der Waals surface area contributed by atoms with Gasteiger partial charge < -0.3 is 4.74 Å². The second-order valence-corrected chi connectivity index (χ2v) is 14.3. The van der Waals surface area contributed by atoms with Crippen LogP contribution in [0.5, 0.6) is 0 Å². The first kappa shape index (κ1) is 30.5. The molecule has 0 aliphatic heterocycles. The van der Waals surface area contributed by atoms with Crippen molar-refractivity contribution in [2.75, 3.05) is 13.2 Å². The lowest BCUT2D eigenvalue weighted by Gasteiger charge is -2.13. The molecule has 0 N–H and O–H groups in total. The lowest BCUT2D eigenvalue weighted by Crippen LogP contribution is -1.95. The average Bonchev–Trinajstić information content (AvgIpc) is 2.73. The van der Waals surface area contributed by atoms with Crippen molar-refractivity contribution in [3.05, 3.63) is 68.0 Å². The van der Waals surface area contributed by atoms with Crippen molar-refractivity contribution in [3.8, 4) is 0 Å². The van der Waals surface area contributed by atoms with Crippen LogP contribution in [0.4, 0.5) is 0 Å². The van der Waals surface area contributed by atoms with E-state index in [1.54, 1.807) is 12.2 Å². The van der Waals surface area contributed by atoms with E-state index in [1.165, 1.54) is 0 Å². The molecule has 31 heavy (non-hydrogen) atoms. The first-order chi connectivity index (χ1) is 14.4. The van der Waals surface area contributed by atoms with Gasteiger partial charge in [-0.25, -0.2) is 0 Å². The van der Waals surface area contributed by atoms with Gasteiger partial charge >= 0.3 is 0 Å². The Morgan fingerprint density at radius 3 is 0.968 bits per heavy atom. The molecule has 0 saturated carbocycles. The maximum Gasteiger partial charge on any atom is 0.0669 e. The Morgan fingerprint density at radius 1 is 0.484 bits per heavy atom. The van der Waals surface area contributed by atoms with Crippen LogP contribution < -0.4 is 0 Å². The van der Waals surface area contributed by atoms with E-state index in [0.717, 1.165) is 55.9 Å². The molecule has 2 aromatic carbocycles. The second-order valence-electron chi connectivity index (χ2n) is 5.53. The molecule has 0 bridgehead atoms. The predicted octanol–water partition coefficient (Wildman–Crippen LogP) is 13.2. The van der Waals surface area contributed by atoms with Crippen LogP contribution in [0.3, 0.4) is 0 Å². The van der Waals surface area contributed by atoms with Gasteiger partial charge in [-0.1, -0.05) is 23.2 Å². The van der Waals surface area contributed by atoms with E-state index in [9.17, 15) is 0 Å². The summed E-state index contributed by atoms with van der Waals surface area (Å²) in [5.74, 6) is 0. The predicted molar refractivity (Wildman–Crippen MR) is 168 cm³/mol. The molecule has 0 heterocycles. The lowest BCUT2D eigenvalue weighted by atomic mass is 10.2. The fraction of sp³-hybridized carbons (Fsp3) is 0.111. The summed E-state index contributed by atoms with van der Waals surface area (Å²) in [6.45, 7) is 0.611. The molecular formula is C18H6Br10Cl2O. The Morgan fingerprint density at radius 2 is 0.710 bits per heavy atom. The number of benzene rings is 2. The van der Waals surface area contributed by atoms with Gasteiger partial charge in [0, 0.05) is 65.9 Å². The van der Waals surface area contributed by atoms with Gasteiger partial charge in [0.2, 0.25) is 0 Å². The minimum atomic E-state index is 0.305. The zero-order valence-electron chi connectivity index (χ0n) is 14.5. The number of rotatable bonds is 6. The smallest absolute Gasteiger partial charge is 0.0669 e. The second kappa shape index (κ2) is 13.7. The molecule has 0 fully saturated rings. The molecule has 2 rings (SSSR count). The fourth-order valence-electron chi connectivity index (χ4n) is 2.17. The summed E-state index contributed by atoms with van der Waals surface area (Å²) in [5.41, 5.74) is 1.61. The minimum absolute atomic E-state index is 0.305. The van der Waals surface area contributed by atoms with E-state index in [2.05, 4.69) is 159 Å². The van der Waals surface area contributed by atoms with Crippen LogP contribution >= 0.6 is 183 Å². The van der Waals surface area contributed by atoms with Crippen molar-refractivity contribution in [2.45, 2.75) is 0 Å². The molecule has 1 nitrogen and oxygen atoms in total. The highest BCUT2D eigenvalue weighted by Gasteiger charge is 2.20. The molecule has 0 saturated heterocycles. The summed E-state index contributed by atoms with van der Waals surface area (Å²) in [5, 5.41) is 1.07. The molecule has 2 aromatic rings. The Balaban J connectivity index is 2.16. The first-order valence-electron chi connectivity index (χ1n) is 7.74. The monoisotopic (exact) mass is 1100 g/mol. The number of hydrogen-bond acceptors (Lipinski definition) is 1. The Labute approximate surface area is 274 Å². The Hall–Kier alpha value is 3.26. The molecule has 13 heteroatoms. The van der Waals surface area contributed by atoms with Crippen molar-refractivity contribution < 1.29 is 4.74 Å². The average molecular weight is 1110 g/mol. The topological polar surface area (TPSA) is 9.23 Å². The summed E-state index contributed by atoms with van der Waals surface area (Å²) in [7, 11) is 0. The summed E-state index contributed by atoms with van der Waals surface area (Å²) in [6, 6.07) is 0. The van der Waals surface area contributed by atoms with E-state index in [1.807, 2.05) is 0 Å². The third kappa shape index (κ3) is 7.18. The van der Waals surface area contributed by atoms with Crippen LogP contribution in [0.15, 0.2) is 56.9 Å². The third-order valence-electron chi connectivity index (χ3n) is 3.66. The van der Waals surface area contributed by atoms with Gasteiger partial charge in [-0.3, -0.25) is 0 Å². The Kier molecular flexibility index (Phi) is 13.5. The van der Waals surface area contributed by atoms with Crippen LogP contribution in [0.2, 0.25) is 0 Å². The van der Waals surface area contributed by atoms with Gasteiger partial charge in [-0.15, -0.1) is 0 Å². The van der Waals surface area contributed by atoms with Crippen LogP contribution in [0.1, 0.15) is 11.1 Å². The largest absolute Gasteiger partial charge is 0.373 e. The van der Waals surface area contributed by atoms with Gasteiger partial charge in [0.25, 0.3) is 0 Å². The molecule has 0 aliphatic carbocycles. The molecule has 0 radical (unpaired) electrons. The fourth-order valence-corrected chi connectivity index (χ4v) is 10.1. The van der Waals surface area contributed by atoms with Crippen molar-refractivity contribution >= 4 is 193 Å². The van der Waals surface area contributed by atoms with Crippen molar-refractivity contribution in [1.29, 1.82) is 0 Å². The highest BCUT2D eigenvalue weighted by Crippen LogP contribution is 2.48. The van der Waals surface area contributed by atoms with Crippen LogP contribution in [0.25, 0.3) is 10.1 Å². The summed E-state index contributed by atoms with van der Waals surface area (Å²) in [6.07, 6.45) is 3.58. The zero-order valence-corrected chi connectivity index (χ0v) is 31.9. The van der Waals surface area contributed by atoms with Crippen LogP contribution in [-0.4, -0.2) is 13.2 Å². The first-order valence-corrected chi connectivity index (χ1v) is 16.4. The van der Waals surface area contributed by atoms with Crippen molar-refractivity contribution in [3.63, 3.8) is 0 Å². The normalized spacial score (nSPS) is 12.6. The maximum atomic E-state index is 6.54. The number of hydrogen-bond donors (Lipinski definition) is 0. The van der Waals surface area contributed by atoms with E-state index >= 15 is 0 Å². The summed E-state index contributed by atoms with van der Waals surface area (Å²) < 4.78 is 14.1. The molecule has 168 valence electrons. The van der Waals surface area contributed by atoms with E-state index in [0.29, 0.717) is 23.3 Å². The van der Waals surface area contributed by atoms with Gasteiger partial charge in [0.15, 0.2) is 0 Å². The molecule has 0 unspecified atom stereocenters. The molecule has 0 aliphatic rings. The molecular weight excluding hydrogens is 1100 g/mol. The lowest BCUT2D eigenvalue weighted by molar-refractivity contribution is 0.194. The molecule has 0 atom stereocenters. The molecule has 0 amide bonds. The quantitative estimate of drug-likeness (QED) is 0.159. The van der Waals surface area contributed by atoms with Crippen molar-refractivity contribution in [1.82, 2.24) is 0 Å². The summed E-state index contributed by atoms with van der Waals surface area (Å²) >= 11 is 48.6. The highest BCUT2D eigenvalue weighted by atomic mass is 79.9. The standard InChI is InChI=1S/C18H6Br10Cl2O/c19-9-7(10(20)14(24)17(27)13(9)23)5(29)1-3-31-4-2-6(30)8-11(21)15(25)18(28)16(26)12(8)22/h1-2H,3-4H2. The van der Waals surface area contributed by atoms with Gasteiger partial charge in [-0.05, 0) is 171 Å². The van der Waals surface area contributed by atoms with E-state index in [-0.39, 0.29) is 0 Å². The molecule has 0 aromatic heterocycles. The maximum absolute atomic E-state index is 6.54. The van der Waals surface area contributed by atoms with Gasteiger partial charge in [0.05, 0.1) is 13.2 Å². The van der Waals surface area contributed by atoms with Crippen LogP contribution in [-0.2, 0) is 4.74 Å². The van der Waals surface area contributed by atoms with Crippen molar-refractivity contribution in [2.24, 2.45) is 0 Å². The van der Waals surface area contributed by atoms with Gasteiger partial charge in [0.1, 0.15) is 0 Å². The van der Waals surface area contributed by atoms with E-state index < -0.39 is 0 Å².